The minimum Gasteiger partial charge on any atom is -0.497 e. The number of anilines is 1. The van der Waals surface area contributed by atoms with Crippen molar-refractivity contribution >= 4 is 11.7 Å². The van der Waals surface area contributed by atoms with Gasteiger partial charge >= 0.3 is 0 Å². The maximum atomic E-state index is 12.8. The van der Waals surface area contributed by atoms with Gasteiger partial charge in [0.1, 0.15) is 22.9 Å². The first-order chi connectivity index (χ1) is 13.5. The fraction of sp³-hybridized carbons (Fsp3) is 0.190. The molecule has 0 fully saturated rings. The highest BCUT2D eigenvalue weighted by molar-refractivity contribution is 6.03. The Kier molecular flexibility index (Phi) is 5.74. The summed E-state index contributed by atoms with van der Waals surface area (Å²) >= 11 is 0. The van der Waals surface area contributed by atoms with Crippen LogP contribution in [0.4, 0.5) is 5.82 Å². The standard InChI is InChI=1S/C21H21N3O4/c1-14-6-4-8-19(22-14)23-20(25)18-7-5-9-24(21(18)26)13-15-10-16(27-2)12-17(11-15)28-3/h4-12H,13H2,1-3H3,(H,22,23,25). The molecule has 1 aromatic carbocycles. The Hall–Kier alpha value is -3.61. The highest BCUT2D eigenvalue weighted by atomic mass is 16.5. The van der Waals surface area contributed by atoms with E-state index in [4.69, 9.17) is 9.47 Å². The largest absolute Gasteiger partial charge is 0.497 e. The van der Waals surface area contributed by atoms with Crippen LogP contribution in [0.5, 0.6) is 11.5 Å². The Morgan fingerprint density at radius 3 is 2.43 bits per heavy atom. The molecule has 0 saturated carbocycles. The number of methoxy groups -OCH3 is 2. The summed E-state index contributed by atoms with van der Waals surface area (Å²) in [5.41, 5.74) is 1.24. The molecule has 0 aliphatic heterocycles. The third-order valence-electron chi connectivity index (χ3n) is 4.16. The fourth-order valence-corrected chi connectivity index (χ4v) is 2.78. The number of benzene rings is 1. The Morgan fingerprint density at radius 1 is 1.07 bits per heavy atom. The molecule has 3 rings (SSSR count). The molecule has 0 aliphatic carbocycles. The van der Waals surface area contributed by atoms with Crippen LogP contribution in [0.3, 0.4) is 0 Å². The number of carbonyl (C=O) groups excluding carboxylic acids is 1. The van der Waals surface area contributed by atoms with Gasteiger partial charge < -0.3 is 19.4 Å². The van der Waals surface area contributed by atoms with E-state index >= 15 is 0 Å². The summed E-state index contributed by atoms with van der Waals surface area (Å²) < 4.78 is 12.0. The molecule has 0 atom stereocenters. The highest BCUT2D eigenvalue weighted by Gasteiger charge is 2.14. The van der Waals surface area contributed by atoms with Gasteiger partial charge in [0, 0.05) is 18.0 Å². The van der Waals surface area contributed by atoms with Gasteiger partial charge in [-0.15, -0.1) is 0 Å². The molecule has 1 N–H and O–H groups in total. The molecule has 0 unspecified atom stereocenters. The van der Waals surface area contributed by atoms with E-state index in [0.29, 0.717) is 17.3 Å². The number of hydrogen-bond donors (Lipinski definition) is 1. The smallest absolute Gasteiger partial charge is 0.263 e. The molecule has 0 saturated heterocycles. The van der Waals surface area contributed by atoms with Gasteiger partial charge in [-0.25, -0.2) is 4.98 Å². The van der Waals surface area contributed by atoms with Gasteiger partial charge in [-0.3, -0.25) is 9.59 Å². The summed E-state index contributed by atoms with van der Waals surface area (Å²) in [6.07, 6.45) is 1.63. The zero-order valence-electron chi connectivity index (χ0n) is 15.9. The molecule has 28 heavy (non-hydrogen) atoms. The van der Waals surface area contributed by atoms with Crippen molar-refractivity contribution in [3.8, 4) is 11.5 Å². The summed E-state index contributed by atoms with van der Waals surface area (Å²) in [6.45, 7) is 2.10. The predicted octanol–water partition coefficient (Wildman–Crippen LogP) is 2.87. The number of rotatable bonds is 6. The molecule has 144 valence electrons. The lowest BCUT2D eigenvalue weighted by Gasteiger charge is -2.11. The van der Waals surface area contributed by atoms with Crippen molar-refractivity contribution in [2.24, 2.45) is 0 Å². The van der Waals surface area contributed by atoms with Crippen LogP contribution in [0.2, 0.25) is 0 Å². The van der Waals surface area contributed by atoms with Gasteiger partial charge in [-0.2, -0.15) is 0 Å². The lowest BCUT2D eigenvalue weighted by atomic mass is 10.2. The van der Waals surface area contributed by atoms with E-state index in [1.54, 1.807) is 44.7 Å². The zero-order chi connectivity index (χ0) is 20.1. The van der Waals surface area contributed by atoms with Crippen LogP contribution in [0, 0.1) is 6.92 Å². The number of nitrogens with one attached hydrogen (secondary N) is 1. The minimum absolute atomic E-state index is 0.0423. The first-order valence-electron chi connectivity index (χ1n) is 8.66. The molecular weight excluding hydrogens is 358 g/mol. The second kappa shape index (κ2) is 8.39. The minimum atomic E-state index is -0.499. The Morgan fingerprint density at radius 2 is 1.79 bits per heavy atom. The number of ether oxygens (including phenoxy) is 2. The van der Waals surface area contributed by atoms with Gasteiger partial charge in [0.05, 0.1) is 20.8 Å². The fourth-order valence-electron chi connectivity index (χ4n) is 2.78. The lowest BCUT2D eigenvalue weighted by Crippen LogP contribution is -2.29. The van der Waals surface area contributed by atoms with Gasteiger partial charge in [-0.05, 0) is 48.9 Å². The molecule has 0 bridgehead atoms. The SMILES string of the molecule is COc1cc(Cn2cccc(C(=O)Nc3cccc(C)n3)c2=O)cc(OC)c1. The topological polar surface area (TPSA) is 82.5 Å². The number of carbonyl (C=O) groups is 1. The van der Waals surface area contributed by atoms with Crippen molar-refractivity contribution in [3.05, 3.63) is 81.9 Å². The zero-order valence-corrected chi connectivity index (χ0v) is 15.9. The molecule has 0 spiro atoms. The first kappa shape index (κ1) is 19.2. The van der Waals surface area contributed by atoms with Gasteiger partial charge in [0.25, 0.3) is 11.5 Å². The Bertz CT molecular complexity index is 1040. The van der Waals surface area contributed by atoms with Crippen LogP contribution in [0.15, 0.2) is 59.5 Å². The number of aryl methyl sites for hydroxylation is 1. The van der Waals surface area contributed by atoms with E-state index in [-0.39, 0.29) is 12.1 Å². The van der Waals surface area contributed by atoms with E-state index in [1.165, 1.54) is 10.6 Å². The van der Waals surface area contributed by atoms with Gasteiger partial charge in [0.2, 0.25) is 0 Å². The summed E-state index contributed by atoms with van der Waals surface area (Å²) in [4.78, 5) is 29.6. The second-order valence-electron chi connectivity index (χ2n) is 6.19. The molecule has 2 heterocycles. The number of pyridine rings is 2. The summed E-state index contributed by atoms with van der Waals surface area (Å²) in [7, 11) is 3.13. The van der Waals surface area contributed by atoms with Gasteiger partial charge in [-0.1, -0.05) is 6.07 Å². The number of hydrogen-bond acceptors (Lipinski definition) is 5. The maximum absolute atomic E-state index is 12.8. The summed E-state index contributed by atoms with van der Waals surface area (Å²) in [6, 6.07) is 13.8. The van der Waals surface area contributed by atoms with E-state index in [1.807, 2.05) is 25.1 Å². The average Bonchev–Trinajstić information content (AvgIpc) is 2.69. The highest BCUT2D eigenvalue weighted by Crippen LogP contribution is 2.22. The van der Waals surface area contributed by atoms with Crippen LogP contribution in [-0.4, -0.2) is 29.7 Å². The van der Waals surface area contributed by atoms with Crippen molar-refractivity contribution in [3.63, 3.8) is 0 Å². The van der Waals surface area contributed by atoms with E-state index in [0.717, 1.165) is 11.3 Å². The van der Waals surface area contributed by atoms with Crippen molar-refractivity contribution in [1.82, 2.24) is 9.55 Å². The molecular formula is C21H21N3O4. The number of aromatic nitrogens is 2. The molecule has 1 amide bonds. The van der Waals surface area contributed by atoms with E-state index in [2.05, 4.69) is 10.3 Å². The van der Waals surface area contributed by atoms with Crippen molar-refractivity contribution < 1.29 is 14.3 Å². The quantitative estimate of drug-likeness (QED) is 0.712. The summed E-state index contributed by atoms with van der Waals surface area (Å²) in [5, 5.41) is 2.66. The monoisotopic (exact) mass is 379 g/mol. The summed E-state index contributed by atoms with van der Waals surface area (Å²) in [5.74, 6) is 1.15. The first-order valence-corrected chi connectivity index (χ1v) is 8.66. The van der Waals surface area contributed by atoms with Crippen LogP contribution in [0.1, 0.15) is 21.6 Å². The van der Waals surface area contributed by atoms with Crippen molar-refractivity contribution in [2.75, 3.05) is 19.5 Å². The number of amides is 1. The average molecular weight is 379 g/mol. The number of nitrogens with zero attached hydrogens (tertiary/aromatic N) is 2. The van der Waals surface area contributed by atoms with Crippen LogP contribution in [-0.2, 0) is 6.54 Å². The van der Waals surface area contributed by atoms with Crippen LogP contribution < -0.4 is 20.3 Å². The Labute approximate surface area is 162 Å². The van der Waals surface area contributed by atoms with Gasteiger partial charge in [0.15, 0.2) is 0 Å². The second-order valence-corrected chi connectivity index (χ2v) is 6.19. The lowest BCUT2D eigenvalue weighted by molar-refractivity contribution is 0.102. The molecule has 2 aromatic heterocycles. The van der Waals surface area contributed by atoms with Crippen molar-refractivity contribution in [2.45, 2.75) is 13.5 Å². The van der Waals surface area contributed by atoms with E-state index in [9.17, 15) is 9.59 Å². The molecule has 0 aliphatic rings. The molecule has 3 aromatic rings. The normalized spacial score (nSPS) is 10.4. The molecule has 7 heteroatoms. The van der Waals surface area contributed by atoms with Crippen molar-refractivity contribution in [1.29, 1.82) is 0 Å². The van der Waals surface area contributed by atoms with Crippen LogP contribution >= 0.6 is 0 Å². The predicted molar refractivity (Wildman–Crippen MR) is 106 cm³/mol. The Balaban J connectivity index is 1.87. The van der Waals surface area contributed by atoms with Crippen LogP contribution in [0.25, 0.3) is 0 Å². The molecule has 0 radical (unpaired) electrons. The third kappa shape index (κ3) is 4.37. The van der Waals surface area contributed by atoms with E-state index < -0.39 is 11.5 Å². The molecule has 7 nitrogen and oxygen atoms in total. The third-order valence-corrected chi connectivity index (χ3v) is 4.16. The maximum Gasteiger partial charge on any atom is 0.263 e.